The number of carbonyl (C=O) groups is 1. The van der Waals surface area contributed by atoms with Crippen molar-refractivity contribution in [2.45, 2.75) is 46.5 Å². The Bertz CT molecular complexity index is 1470. The largest absolute Gasteiger partial charge is 0.491 e. The third kappa shape index (κ3) is 6.96. The van der Waals surface area contributed by atoms with Crippen molar-refractivity contribution < 1.29 is 19.4 Å². The van der Waals surface area contributed by atoms with Crippen LogP contribution in [0.5, 0.6) is 5.75 Å². The molecule has 0 radical (unpaired) electrons. The molecule has 0 saturated heterocycles. The van der Waals surface area contributed by atoms with Crippen LogP contribution in [-0.4, -0.2) is 30.9 Å². The number of aryl methyl sites for hydroxylation is 2. The molecule has 0 bridgehead atoms. The molecular weight excluding hydrogens is 484 g/mol. The summed E-state index contributed by atoms with van der Waals surface area (Å²) in [6.45, 7) is 10.0. The first-order valence-electron chi connectivity index (χ1n) is 13.8. The van der Waals surface area contributed by atoms with Crippen molar-refractivity contribution in [3.8, 4) is 28.0 Å². The zero-order valence-corrected chi connectivity index (χ0v) is 23.3. The topological polar surface area (TPSA) is 55.8 Å². The van der Waals surface area contributed by atoms with E-state index in [1.165, 1.54) is 33.0 Å². The van der Waals surface area contributed by atoms with Gasteiger partial charge in [-0.05, 0) is 87.7 Å². The molecule has 4 aromatic carbocycles. The van der Waals surface area contributed by atoms with Crippen LogP contribution in [0.1, 0.15) is 43.9 Å². The Morgan fingerprint density at radius 1 is 0.795 bits per heavy atom. The predicted molar refractivity (Wildman–Crippen MR) is 160 cm³/mol. The maximum absolute atomic E-state index is 11.8. The van der Waals surface area contributed by atoms with Gasteiger partial charge in [0.25, 0.3) is 0 Å². The van der Waals surface area contributed by atoms with Gasteiger partial charge in [0.1, 0.15) is 12.4 Å². The highest BCUT2D eigenvalue weighted by atomic mass is 16.5. The first kappa shape index (κ1) is 28.1. The smallest absolute Gasteiger partial charge is 0.333 e. The van der Waals surface area contributed by atoms with Crippen LogP contribution in [0, 0.1) is 0 Å². The Hall–Kier alpha value is -3.89. The van der Waals surface area contributed by atoms with Crippen molar-refractivity contribution in [1.29, 1.82) is 0 Å². The number of benzene rings is 4. The molecule has 0 aliphatic rings. The number of rotatable bonds is 12. The fourth-order valence-corrected chi connectivity index (χ4v) is 4.88. The van der Waals surface area contributed by atoms with E-state index in [0.717, 1.165) is 36.0 Å². The summed E-state index contributed by atoms with van der Waals surface area (Å²) in [6, 6.07) is 26.2. The van der Waals surface area contributed by atoms with Gasteiger partial charge in [-0.3, -0.25) is 0 Å². The maximum Gasteiger partial charge on any atom is 0.333 e. The number of aliphatic hydroxyl groups is 1. The van der Waals surface area contributed by atoms with E-state index < -0.39 is 5.97 Å². The molecule has 0 unspecified atom stereocenters. The van der Waals surface area contributed by atoms with Crippen molar-refractivity contribution in [3.05, 3.63) is 102 Å². The van der Waals surface area contributed by atoms with Crippen LogP contribution in [0.25, 0.3) is 33.0 Å². The number of hydrogen-bond acceptors (Lipinski definition) is 4. The summed E-state index contributed by atoms with van der Waals surface area (Å²) in [7, 11) is 0. The highest BCUT2D eigenvalue weighted by Gasteiger charge is 2.12. The molecule has 0 aromatic heterocycles. The van der Waals surface area contributed by atoms with Crippen molar-refractivity contribution in [2.24, 2.45) is 0 Å². The monoisotopic (exact) mass is 522 g/mol. The normalized spacial score (nSPS) is 11.0. The lowest BCUT2D eigenvalue weighted by molar-refractivity contribution is -0.138. The number of esters is 1. The number of hydrogen-bond donors (Lipinski definition) is 1. The summed E-state index contributed by atoms with van der Waals surface area (Å²) < 4.78 is 11.1. The van der Waals surface area contributed by atoms with Gasteiger partial charge in [-0.15, -0.1) is 0 Å². The Balaban J connectivity index is 1.63. The molecule has 0 heterocycles. The van der Waals surface area contributed by atoms with Crippen LogP contribution in [0.2, 0.25) is 0 Å². The first-order valence-corrected chi connectivity index (χ1v) is 13.8. The second-order valence-corrected chi connectivity index (χ2v) is 9.93. The summed E-state index contributed by atoms with van der Waals surface area (Å²) in [5.41, 5.74) is 8.63. The number of aliphatic hydroxyl groups excluding tert-OH is 1. The van der Waals surface area contributed by atoms with Gasteiger partial charge in [-0.25, -0.2) is 4.79 Å². The summed E-state index contributed by atoms with van der Waals surface area (Å²) >= 11 is 0. The minimum atomic E-state index is -0.401. The third-order valence-electron chi connectivity index (χ3n) is 6.94. The average molecular weight is 523 g/mol. The Morgan fingerprint density at radius 2 is 1.49 bits per heavy atom. The number of fused-ring (bicyclic) bond motifs is 1. The average Bonchev–Trinajstić information content (AvgIpc) is 2.95. The molecule has 0 atom stereocenters. The fourth-order valence-electron chi connectivity index (χ4n) is 4.88. The molecule has 4 aromatic rings. The predicted octanol–water partition coefficient (Wildman–Crippen LogP) is 7.72. The van der Waals surface area contributed by atoms with E-state index in [0.29, 0.717) is 17.7 Å². The molecular formula is C35H38O4. The zero-order valence-electron chi connectivity index (χ0n) is 23.3. The summed E-state index contributed by atoms with van der Waals surface area (Å²) in [4.78, 5) is 11.8. The first-order chi connectivity index (χ1) is 18.9. The molecule has 39 heavy (non-hydrogen) atoms. The molecule has 0 saturated carbocycles. The molecule has 0 aliphatic carbocycles. The van der Waals surface area contributed by atoms with Crippen LogP contribution in [0.15, 0.2) is 84.9 Å². The minimum Gasteiger partial charge on any atom is -0.491 e. The summed E-state index contributed by atoms with van der Waals surface area (Å²) in [6.07, 6.45) is 3.68. The second-order valence-electron chi connectivity index (χ2n) is 9.93. The van der Waals surface area contributed by atoms with Crippen LogP contribution in [-0.2, 0) is 28.8 Å². The molecule has 0 amide bonds. The van der Waals surface area contributed by atoms with Gasteiger partial charge >= 0.3 is 5.97 Å². The van der Waals surface area contributed by atoms with E-state index in [1.54, 1.807) is 6.92 Å². The van der Waals surface area contributed by atoms with E-state index in [-0.39, 0.29) is 19.8 Å². The maximum atomic E-state index is 11.8. The molecule has 4 heteroatoms. The van der Waals surface area contributed by atoms with Crippen LogP contribution in [0.3, 0.4) is 0 Å². The molecule has 0 fully saturated rings. The van der Waals surface area contributed by atoms with E-state index in [4.69, 9.17) is 9.47 Å². The Kier molecular flexibility index (Phi) is 9.56. The quantitative estimate of drug-likeness (QED) is 0.153. The lowest BCUT2D eigenvalue weighted by Crippen LogP contribution is -2.10. The molecule has 4 rings (SSSR count). The molecule has 4 nitrogen and oxygen atoms in total. The van der Waals surface area contributed by atoms with Crippen LogP contribution in [0.4, 0.5) is 0 Å². The lowest BCUT2D eigenvalue weighted by Gasteiger charge is -2.15. The molecule has 0 aliphatic heterocycles. The van der Waals surface area contributed by atoms with E-state index in [2.05, 4.69) is 81.1 Å². The number of carbonyl (C=O) groups excluding carboxylic acids is 1. The van der Waals surface area contributed by atoms with Gasteiger partial charge in [0.05, 0.1) is 13.2 Å². The lowest BCUT2D eigenvalue weighted by atomic mass is 9.91. The highest BCUT2D eigenvalue weighted by molar-refractivity contribution is 5.89. The summed E-state index contributed by atoms with van der Waals surface area (Å²) in [5, 5.41) is 11.8. The van der Waals surface area contributed by atoms with E-state index in [1.807, 2.05) is 12.1 Å². The van der Waals surface area contributed by atoms with Crippen molar-refractivity contribution in [3.63, 3.8) is 0 Å². The van der Waals surface area contributed by atoms with E-state index in [9.17, 15) is 9.90 Å². The van der Waals surface area contributed by atoms with Crippen molar-refractivity contribution in [1.82, 2.24) is 0 Å². The van der Waals surface area contributed by atoms with Gasteiger partial charge in [-0.2, -0.15) is 0 Å². The van der Waals surface area contributed by atoms with Gasteiger partial charge in [-0.1, -0.05) is 81.4 Å². The zero-order chi connectivity index (χ0) is 27.8. The van der Waals surface area contributed by atoms with E-state index >= 15 is 0 Å². The van der Waals surface area contributed by atoms with Crippen molar-refractivity contribution >= 4 is 16.7 Å². The highest BCUT2D eigenvalue weighted by Crippen LogP contribution is 2.33. The number of ether oxygens (including phenoxy) is 2. The van der Waals surface area contributed by atoms with Crippen LogP contribution >= 0.6 is 0 Å². The summed E-state index contributed by atoms with van der Waals surface area (Å²) in [5.74, 6) is 0.284. The Morgan fingerprint density at radius 3 is 2.21 bits per heavy atom. The fraction of sp³-hybridized carbons (Fsp3) is 0.286. The molecule has 202 valence electrons. The molecule has 1 N–H and O–H groups in total. The van der Waals surface area contributed by atoms with Gasteiger partial charge in [0.15, 0.2) is 0 Å². The second kappa shape index (κ2) is 13.3. The van der Waals surface area contributed by atoms with Crippen molar-refractivity contribution in [2.75, 3.05) is 19.8 Å². The van der Waals surface area contributed by atoms with Crippen LogP contribution < -0.4 is 4.74 Å². The van der Waals surface area contributed by atoms with Gasteiger partial charge < -0.3 is 14.6 Å². The Labute approximate surface area is 231 Å². The van der Waals surface area contributed by atoms with Gasteiger partial charge in [0.2, 0.25) is 0 Å². The third-order valence-corrected chi connectivity index (χ3v) is 6.94. The standard InChI is InChI=1S/C35H38O4/c1-5-7-25-8-9-28-22-31(11-10-27(28)20-25)33-14-12-29(21-26(33)6-2)30-13-15-34(38-19-17-36)32(23-30)16-18-39-35(37)24(3)4/h8-15,20-23,36H,3,5-7,16-19H2,1-2,4H3. The minimum absolute atomic E-state index is 0.0676. The SMILES string of the molecule is C=C(C)C(=O)OCCc1cc(-c2ccc(-c3ccc4cc(CCC)ccc4c3)c(CC)c2)ccc1OCCO. The molecule has 0 spiro atoms. The van der Waals surface area contributed by atoms with Gasteiger partial charge in [0, 0.05) is 12.0 Å².